The third-order valence-electron chi connectivity index (χ3n) is 4.41. The number of fused-ring (bicyclic) bond motifs is 4. The zero-order valence-electron chi connectivity index (χ0n) is 11.2. The Morgan fingerprint density at radius 2 is 2.05 bits per heavy atom. The fraction of sp³-hybridized carbons (Fsp3) is 0.294. The van der Waals surface area contributed by atoms with Gasteiger partial charge in [0.05, 0.1) is 0 Å². The molecule has 1 heterocycles. The molecule has 0 saturated heterocycles. The maximum absolute atomic E-state index is 10.0. The first-order valence-electron chi connectivity index (χ1n) is 6.73. The van der Waals surface area contributed by atoms with E-state index in [1.165, 1.54) is 12.0 Å². The van der Waals surface area contributed by atoms with Crippen LogP contribution < -0.4 is 4.74 Å². The molecule has 1 spiro atoms. The summed E-state index contributed by atoms with van der Waals surface area (Å²) in [4.78, 5) is 0. The molecule has 0 unspecified atom stereocenters. The van der Waals surface area contributed by atoms with Gasteiger partial charge in [-0.1, -0.05) is 5.56 Å². The Kier molecular flexibility index (Phi) is 3.52. The zero-order chi connectivity index (χ0) is 13.0. The second-order valence-electron chi connectivity index (χ2n) is 5.56. The molecular formula is C17H15HoO2-. The molecule has 1 radical (unpaired) electrons. The number of rotatable bonds is 0. The van der Waals surface area contributed by atoms with Crippen LogP contribution in [0.3, 0.4) is 0 Å². The molecule has 2 aromatic carbocycles. The van der Waals surface area contributed by atoms with Crippen LogP contribution in [-0.2, 0) is 5.60 Å². The van der Waals surface area contributed by atoms with Crippen LogP contribution in [0, 0.1) is 50.7 Å². The molecule has 0 aromatic heterocycles. The summed E-state index contributed by atoms with van der Waals surface area (Å²) in [6, 6.07) is 12.9. The summed E-state index contributed by atoms with van der Waals surface area (Å²) in [6.07, 6.45) is 3.23. The van der Waals surface area contributed by atoms with Crippen molar-refractivity contribution in [2.45, 2.75) is 31.8 Å². The van der Waals surface area contributed by atoms with E-state index in [0.29, 0.717) is 5.75 Å². The number of phenols is 1. The molecule has 0 bridgehead atoms. The van der Waals surface area contributed by atoms with Crippen LogP contribution >= 0.6 is 0 Å². The minimum absolute atomic E-state index is 0. The van der Waals surface area contributed by atoms with Gasteiger partial charge in [0.2, 0.25) is 0 Å². The van der Waals surface area contributed by atoms with Crippen LogP contribution in [0.2, 0.25) is 0 Å². The summed E-state index contributed by atoms with van der Waals surface area (Å²) >= 11 is 0. The molecule has 1 aliphatic carbocycles. The molecule has 3 heteroatoms. The van der Waals surface area contributed by atoms with Crippen molar-refractivity contribution in [1.29, 1.82) is 0 Å². The third kappa shape index (κ3) is 1.89. The van der Waals surface area contributed by atoms with Gasteiger partial charge in [0.15, 0.2) is 0 Å². The molecule has 1 aliphatic heterocycles. The predicted octanol–water partition coefficient (Wildman–Crippen LogP) is 3.94. The topological polar surface area (TPSA) is 29.5 Å². The molecule has 2 aliphatic rings. The first kappa shape index (κ1) is 14.2. The number of phenolic OH excluding ortho intramolecular Hbond substituents is 1. The summed E-state index contributed by atoms with van der Waals surface area (Å²) in [7, 11) is 0. The van der Waals surface area contributed by atoms with E-state index in [4.69, 9.17) is 4.74 Å². The van der Waals surface area contributed by atoms with Gasteiger partial charge in [-0.3, -0.25) is 0 Å². The second-order valence-corrected chi connectivity index (χ2v) is 5.56. The number of benzene rings is 2. The van der Waals surface area contributed by atoms with Gasteiger partial charge in [0.1, 0.15) is 11.4 Å². The van der Waals surface area contributed by atoms with E-state index in [-0.39, 0.29) is 43.3 Å². The fourth-order valence-electron chi connectivity index (χ4n) is 3.15. The second kappa shape index (κ2) is 4.94. The van der Waals surface area contributed by atoms with Crippen LogP contribution in [0.15, 0.2) is 30.3 Å². The largest absolute Gasteiger partial charge is 0.541 e. The summed E-state index contributed by atoms with van der Waals surface area (Å²) in [5.41, 5.74) is 4.14. The molecule has 107 valence electrons. The summed E-state index contributed by atoms with van der Waals surface area (Å²) < 4.78 is 6.23. The Balaban J connectivity index is 0.00000121. The van der Waals surface area contributed by atoms with Crippen LogP contribution in [0.1, 0.15) is 30.4 Å². The van der Waals surface area contributed by atoms with Crippen molar-refractivity contribution < 1.29 is 47.6 Å². The number of hydrogen-bond acceptors (Lipinski definition) is 2. The molecule has 2 nitrogen and oxygen atoms in total. The number of ether oxygens (including phenoxy) is 1. The van der Waals surface area contributed by atoms with Gasteiger partial charge < -0.3 is 9.84 Å². The fourth-order valence-corrected chi connectivity index (χ4v) is 3.15. The predicted molar refractivity (Wildman–Crippen MR) is 73.3 cm³/mol. The summed E-state index contributed by atoms with van der Waals surface area (Å²) in [5.74, 6) is 1.28. The van der Waals surface area contributed by atoms with Crippen LogP contribution in [0.5, 0.6) is 11.5 Å². The minimum atomic E-state index is -0.220. The maximum atomic E-state index is 10.0. The Morgan fingerprint density at radius 1 is 1.25 bits per heavy atom. The first-order valence-corrected chi connectivity index (χ1v) is 6.73. The van der Waals surface area contributed by atoms with E-state index in [2.05, 4.69) is 12.1 Å². The van der Waals surface area contributed by atoms with Crippen molar-refractivity contribution in [3.05, 3.63) is 47.5 Å². The average Bonchev–Trinajstić information content (AvgIpc) is 2.38. The molecular weight excluding hydrogens is 401 g/mol. The van der Waals surface area contributed by atoms with Gasteiger partial charge in [-0.05, 0) is 49.4 Å². The molecule has 0 atom stereocenters. The number of aryl methyl sites for hydroxylation is 1. The average molecular weight is 416 g/mol. The van der Waals surface area contributed by atoms with E-state index in [1.807, 2.05) is 31.2 Å². The van der Waals surface area contributed by atoms with E-state index < -0.39 is 0 Å². The Labute approximate surface area is 148 Å². The molecule has 1 N–H and O–H groups in total. The van der Waals surface area contributed by atoms with Gasteiger partial charge in [0.25, 0.3) is 0 Å². The van der Waals surface area contributed by atoms with Gasteiger partial charge in [-0.2, -0.15) is 18.2 Å². The van der Waals surface area contributed by atoms with E-state index in [9.17, 15) is 5.11 Å². The molecule has 4 rings (SSSR count). The molecule has 20 heavy (non-hydrogen) atoms. The Hall–Kier alpha value is -0.700. The number of hydrogen-bond donors (Lipinski definition) is 1. The standard InChI is InChI=1S/C17H15O2.Ho/c1-11-9-13-12-5-2-3-6-16(12)19-17(7-4-8-17)14(13)10-15(11)18;/h2,5-6,9-10,18H,4,7-8H2,1H3;/q-1;. The van der Waals surface area contributed by atoms with Gasteiger partial charge in [-0.15, -0.1) is 6.07 Å². The Morgan fingerprint density at radius 3 is 2.75 bits per heavy atom. The van der Waals surface area contributed by atoms with Crippen molar-refractivity contribution in [3.63, 3.8) is 0 Å². The van der Waals surface area contributed by atoms with Crippen molar-refractivity contribution in [1.82, 2.24) is 0 Å². The summed E-state index contributed by atoms with van der Waals surface area (Å²) in [6.45, 7) is 1.94. The van der Waals surface area contributed by atoms with Crippen LogP contribution in [0.25, 0.3) is 11.1 Å². The molecule has 0 amide bonds. The van der Waals surface area contributed by atoms with E-state index in [0.717, 1.165) is 35.3 Å². The minimum Gasteiger partial charge on any atom is -0.541 e. The van der Waals surface area contributed by atoms with Crippen molar-refractivity contribution >= 4 is 0 Å². The van der Waals surface area contributed by atoms with E-state index >= 15 is 0 Å². The quantitative estimate of drug-likeness (QED) is 0.521. The zero-order valence-corrected chi connectivity index (χ0v) is 13.1. The molecule has 2 aromatic rings. The SMILES string of the molecule is Cc1cc2c(cc1O)C1(CCC1)Oc1c[c-]ccc1-2.[Ho]. The maximum Gasteiger partial charge on any atom is 0.119 e. The third-order valence-corrected chi connectivity index (χ3v) is 4.41. The summed E-state index contributed by atoms with van der Waals surface area (Å²) in [5, 5.41) is 10.0. The van der Waals surface area contributed by atoms with Crippen LogP contribution in [-0.4, -0.2) is 5.11 Å². The molecule has 1 fully saturated rings. The monoisotopic (exact) mass is 416 g/mol. The Bertz CT molecular complexity index is 675. The first-order chi connectivity index (χ1) is 9.20. The van der Waals surface area contributed by atoms with E-state index in [1.54, 1.807) is 0 Å². The van der Waals surface area contributed by atoms with Crippen molar-refractivity contribution in [2.24, 2.45) is 0 Å². The van der Waals surface area contributed by atoms with Crippen LogP contribution in [0.4, 0.5) is 0 Å². The smallest absolute Gasteiger partial charge is 0.119 e. The van der Waals surface area contributed by atoms with Gasteiger partial charge in [-0.25, -0.2) is 0 Å². The number of aromatic hydroxyl groups is 1. The van der Waals surface area contributed by atoms with Crippen molar-refractivity contribution in [2.75, 3.05) is 0 Å². The van der Waals surface area contributed by atoms with Gasteiger partial charge >= 0.3 is 0 Å². The van der Waals surface area contributed by atoms with Crippen molar-refractivity contribution in [3.8, 4) is 22.6 Å². The van der Waals surface area contributed by atoms with Gasteiger partial charge in [0, 0.05) is 49.1 Å². The normalized spacial score (nSPS) is 17.2. The molecule has 1 saturated carbocycles.